The molecule has 0 heterocycles. The van der Waals surface area contributed by atoms with Gasteiger partial charge in [0, 0.05) is 30.3 Å². The molecule has 0 fully saturated rings. The number of halogens is 2. The summed E-state index contributed by atoms with van der Waals surface area (Å²) in [5, 5.41) is 11.4. The number of hydrogen-bond donors (Lipinski definition) is 0. The molecule has 4 aromatic rings. The van der Waals surface area contributed by atoms with E-state index in [9.17, 15) is 32.1 Å². The van der Waals surface area contributed by atoms with Crippen LogP contribution in [-0.4, -0.2) is 24.1 Å². The lowest BCUT2D eigenvalue weighted by molar-refractivity contribution is -0.385. The van der Waals surface area contributed by atoms with Crippen molar-refractivity contribution in [2.75, 3.05) is 0 Å². The molecule has 4 rings (SSSR count). The van der Waals surface area contributed by atoms with Crippen molar-refractivity contribution in [2.24, 2.45) is 0 Å². The second-order valence-electron chi connectivity index (χ2n) is 8.68. The number of aryl methyl sites for hydroxylation is 1. The van der Waals surface area contributed by atoms with E-state index in [0.717, 1.165) is 24.3 Å². The van der Waals surface area contributed by atoms with E-state index < -0.39 is 32.6 Å². The maximum Gasteiger partial charge on any atom is 0.339 e. The highest BCUT2D eigenvalue weighted by atomic mass is 32.2. The molecule has 0 radical (unpaired) electrons. The van der Waals surface area contributed by atoms with Crippen LogP contribution in [0, 0.1) is 28.7 Å². The van der Waals surface area contributed by atoms with Crippen molar-refractivity contribution in [1.29, 1.82) is 0 Å². The van der Waals surface area contributed by atoms with E-state index in [1.54, 1.807) is 19.1 Å². The largest absolute Gasteiger partial charge is 0.379 e. The number of carbonyl (C=O) groups is 1. The third kappa shape index (κ3) is 6.82. The number of benzene rings is 4. The Hall–Kier alpha value is -4.64. The number of carbonyl (C=O) groups excluding carboxylic acids is 1. The Morgan fingerprint density at radius 1 is 0.846 bits per heavy atom. The predicted octanol–water partition coefficient (Wildman–Crippen LogP) is 5.79. The number of nitrogens with zero attached hydrogens (tertiary/aromatic N) is 2. The average Bonchev–Trinajstić information content (AvgIpc) is 2.90. The standard InChI is InChI=1S/C28H22F2N2O6S/c1-19-2-7-22(16-27(19)32(34)35)28(33)31(17-20-3-8-23(29)9-4-20)18-21-5-12-25(13-6-21)38-39(36,37)26-14-10-24(30)11-15-26/h2-16H,17-18H2,1H3. The first-order valence-corrected chi connectivity index (χ1v) is 13.0. The Kier molecular flexibility index (Phi) is 8.01. The molecule has 0 N–H and O–H groups in total. The molecule has 1 amide bonds. The minimum absolute atomic E-state index is 0.00801. The van der Waals surface area contributed by atoms with Crippen molar-refractivity contribution >= 4 is 21.7 Å². The van der Waals surface area contributed by atoms with Crippen molar-refractivity contribution in [3.8, 4) is 5.75 Å². The summed E-state index contributed by atoms with van der Waals surface area (Å²) >= 11 is 0. The van der Waals surface area contributed by atoms with Crippen LogP contribution in [0.3, 0.4) is 0 Å². The summed E-state index contributed by atoms with van der Waals surface area (Å²) in [6.07, 6.45) is 0. The third-order valence-corrected chi connectivity index (χ3v) is 7.09. The summed E-state index contributed by atoms with van der Waals surface area (Å²) in [5.74, 6) is -1.49. The van der Waals surface area contributed by atoms with Gasteiger partial charge in [-0.05, 0) is 72.6 Å². The van der Waals surface area contributed by atoms with Crippen molar-refractivity contribution in [1.82, 2.24) is 4.90 Å². The topological polar surface area (TPSA) is 107 Å². The van der Waals surface area contributed by atoms with Crippen LogP contribution in [0.2, 0.25) is 0 Å². The summed E-state index contributed by atoms with van der Waals surface area (Å²) in [4.78, 5) is 25.5. The molecule has 0 atom stereocenters. The molecule has 0 bridgehead atoms. The fourth-order valence-electron chi connectivity index (χ4n) is 3.78. The minimum atomic E-state index is -4.19. The van der Waals surface area contributed by atoms with Gasteiger partial charge in [-0.2, -0.15) is 8.42 Å². The Balaban J connectivity index is 1.57. The van der Waals surface area contributed by atoms with E-state index >= 15 is 0 Å². The van der Waals surface area contributed by atoms with Gasteiger partial charge in [0.2, 0.25) is 0 Å². The molecule has 0 unspecified atom stereocenters. The van der Waals surface area contributed by atoms with Gasteiger partial charge in [0.05, 0.1) is 4.92 Å². The summed E-state index contributed by atoms with van der Waals surface area (Å²) in [6, 6.07) is 20.0. The molecule has 8 nitrogen and oxygen atoms in total. The molecule has 4 aromatic carbocycles. The van der Waals surface area contributed by atoms with Crippen LogP contribution in [0.4, 0.5) is 14.5 Å². The van der Waals surface area contributed by atoms with Crippen LogP contribution in [0.15, 0.2) is 95.9 Å². The molecule has 200 valence electrons. The third-order valence-electron chi connectivity index (χ3n) is 5.83. The van der Waals surface area contributed by atoms with E-state index in [4.69, 9.17) is 4.18 Å². The summed E-state index contributed by atoms with van der Waals surface area (Å²) in [7, 11) is -4.19. The van der Waals surface area contributed by atoms with Gasteiger partial charge in [-0.15, -0.1) is 0 Å². The monoisotopic (exact) mass is 552 g/mol. The molecule has 0 saturated carbocycles. The maximum atomic E-state index is 13.4. The fraction of sp³-hybridized carbons (Fsp3) is 0.107. The van der Waals surface area contributed by atoms with Crippen LogP contribution >= 0.6 is 0 Å². The van der Waals surface area contributed by atoms with Gasteiger partial charge < -0.3 is 9.08 Å². The van der Waals surface area contributed by atoms with Gasteiger partial charge in [-0.1, -0.05) is 30.3 Å². The smallest absolute Gasteiger partial charge is 0.339 e. The molecular formula is C28H22F2N2O6S. The van der Waals surface area contributed by atoms with E-state index in [-0.39, 0.29) is 35.0 Å². The minimum Gasteiger partial charge on any atom is -0.379 e. The Morgan fingerprint density at radius 2 is 1.36 bits per heavy atom. The van der Waals surface area contributed by atoms with Gasteiger partial charge in [-0.3, -0.25) is 14.9 Å². The van der Waals surface area contributed by atoms with Gasteiger partial charge in [0.1, 0.15) is 22.3 Å². The molecule has 11 heteroatoms. The molecule has 39 heavy (non-hydrogen) atoms. The highest BCUT2D eigenvalue weighted by Gasteiger charge is 2.21. The molecule has 0 spiro atoms. The number of nitro benzene ring substituents is 1. The van der Waals surface area contributed by atoms with Gasteiger partial charge >= 0.3 is 10.1 Å². The van der Waals surface area contributed by atoms with Crippen molar-refractivity contribution < 1.29 is 31.1 Å². The van der Waals surface area contributed by atoms with Gasteiger partial charge in [0.15, 0.2) is 0 Å². The first kappa shape index (κ1) is 27.4. The van der Waals surface area contributed by atoms with E-state index in [1.807, 2.05) is 0 Å². The average molecular weight is 553 g/mol. The van der Waals surface area contributed by atoms with Crippen molar-refractivity contribution in [2.45, 2.75) is 24.9 Å². The lowest BCUT2D eigenvalue weighted by atomic mass is 10.1. The first-order chi connectivity index (χ1) is 18.5. The fourth-order valence-corrected chi connectivity index (χ4v) is 4.71. The summed E-state index contributed by atoms with van der Waals surface area (Å²) in [6.45, 7) is 1.71. The molecular weight excluding hydrogens is 530 g/mol. The van der Waals surface area contributed by atoms with Gasteiger partial charge in [0.25, 0.3) is 11.6 Å². The van der Waals surface area contributed by atoms with E-state index in [1.165, 1.54) is 59.5 Å². The summed E-state index contributed by atoms with van der Waals surface area (Å²) < 4.78 is 56.6. The maximum absolute atomic E-state index is 13.4. The van der Waals surface area contributed by atoms with Crippen molar-refractivity contribution in [3.63, 3.8) is 0 Å². The van der Waals surface area contributed by atoms with Crippen LogP contribution in [0.25, 0.3) is 0 Å². The zero-order valence-electron chi connectivity index (χ0n) is 20.6. The van der Waals surface area contributed by atoms with E-state index in [2.05, 4.69) is 0 Å². The van der Waals surface area contributed by atoms with E-state index in [0.29, 0.717) is 16.7 Å². The zero-order chi connectivity index (χ0) is 28.2. The van der Waals surface area contributed by atoms with Crippen LogP contribution < -0.4 is 4.18 Å². The molecule has 0 saturated heterocycles. The zero-order valence-corrected chi connectivity index (χ0v) is 21.4. The second kappa shape index (κ2) is 11.4. The molecule has 0 aliphatic heterocycles. The van der Waals surface area contributed by atoms with Crippen LogP contribution in [0.1, 0.15) is 27.0 Å². The van der Waals surface area contributed by atoms with Crippen LogP contribution in [-0.2, 0) is 23.2 Å². The lowest BCUT2D eigenvalue weighted by Crippen LogP contribution is -2.30. The highest BCUT2D eigenvalue weighted by molar-refractivity contribution is 7.87. The Labute approximate surface area is 223 Å². The lowest BCUT2D eigenvalue weighted by Gasteiger charge is -2.23. The first-order valence-electron chi connectivity index (χ1n) is 11.6. The normalized spacial score (nSPS) is 11.2. The number of hydrogen-bond acceptors (Lipinski definition) is 6. The number of rotatable bonds is 9. The quantitative estimate of drug-likeness (QED) is 0.148. The molecule has 0 aliphatic carbocycles. The van der Waals surface area contributed by atoms with Crippen LogP contribution in [0.5, 0.6) is 5.75 Å². The highest BCUT2D eigenvalue weighted by Crippen LogP contribution is 2.24. The van der Waals surface area contributed by atoms with Gasteiger partial charge in [-0.25, -0.2) is 8.78 Å². The Bertz CT molecular complexity index is 1610. The predicted molar refractivity (Wildman–Crippen MR) is 138 cm³/mol. The summed E-state index contributed by atoms with van der Waals surface area (Å²) in [5.41, 5.74) is 1.58. The van der Waals surface area contributed by atoms with Crippen molar-refractivity contribution in [3.05, 3.63) is 135 Å². The molecule has 0 aromatic heterocycles. The Morgan fingerprint density at radius 3 is 1.90 bits per heavy atom. The second-order valence-corrected chi connectivity index (χ2v) is 10.2. The molecule has 0 aliphatic rings. The number of amides is 1. The number of nitro groups is 1. The SMILES string of the molecule is Cc1ccc(C(=O)N(Cc2ccc(F)cc2)Cc2ccc(OS(=O)(=O)c3ccc(F)cc3)cc2)cc1[N+](=O)[O-].